The van der Waals surface area contributed by atoms with Crippen molar-refractivity contribution in [2.24, 2.45) is 11.7 Å². The fourth-order valence-electron chi connectivity index (χ4n) is 2.41. The number of benzene rings is 1. The second-order valence-corrected chi connectivity index (χ2v) is 5.07. The molecule has 0 saturated carbocycles. The molecule has 114 valence electrons. The lowest BCUT2D eigenvalue weighted by molar-refractivity contribution is -0.120. The molecule has 1 aliphatic rings. The Balaban J connectivity index is 1.77. The van der Waals surface area contributed by atoms with Gasteiger partial charge in [-0.2, -0.15) is 0 Å². The fraction of sp³-hybridized carbons (Fsp3) is 0.429. The molecule has 0 radical (unpaired) electrons. The Morgan fingerprint density at radius 3 is 2.81 bits per heavy atom. The number of rotatable bonds is 5. The third kappa shape index (κ3) is 4.34. The lowest BCUT2D eigenvalue weighted by Crippen LogP contribution is -2.41. The minimum absolute atomic E-state index is 0.126. The summed E-state index contributed by atoms with van der Waals surface area (Å²) in [7, 11) is 0. The number of hydrogen-bond donors (Lipinski definition) is 3. The minimum Gasteiger partial charge on any atom is -0.369 e. The third-order valence-corrected chi connectivity index (χ3v) is 3.49. The number of nitrogens with zero attached hydrogens (tertiary/aromatic N) is 1. The highest BCUT2D eigenvalue weighted by Gasteiger charge is 2.24. The zero-order chi connectivity index (χ0) is 15.2. The summed E-state index contributed by atoms with van der Waals surface area (Å²) in [6.07, 6.45) is 0.887. The summed E-state index contributed by atoms with van der Waals surface area (Å²) < 4.78 is 13.7. The zero-order valence-electron chi connectivity index (χ0n) is 11.6. The van der Waals surface area contributed by atoms with Crippen LogP contribution in [0, 0.1) is 11.7 Å². The highest BCUT2D eigenvalue weighted by atomic mass is 19.1. The molecule has 6 nitrogen and oxygen atoms in total. The van der Waals surface area contributed by atoms with Gasteiger partial charge in [0.1, 0.15) is 5.82 Å². The van der Waals surface area contributed by atoms with Crippen LogP contribution in [0.3, 0.4) is 0 Å². The van der Waals surface area contributed by atoms with E-state index in [9.17, 15) is 14.0 Å². The normalized spacial score (nSPS) is 17.6. The molecule has 0 bridgehead atoms. The van der Waals surface area contributed by atoms with Crippen LogP contribution in [0.25, 0.3) is 0 Å². The van der Waals surface area contributed by atoms with Crippen molar-refractivity contribution in [3.05, 3.63) is 30.1 Å². The van der Waals surface area contributed by atoms with Crippen LogP contribution in [-0.4, -0.2) is 38.1 Å². The quantitative estimate of drug-likeness (QED) is 0.736. The fourth-order valence-corrected chi connectivity index (χ4v) is 2.41. The molecule has 1 aliphatic heterocycles. The van der Waals surface area contributed by atoms with Crippen LogP contribution in [0.2, 0.25) is 0 Å². The second kappa shape index (κ2) is 6.92. The number of anilines is 1. The number of para-hydroxylation sites is 1. The molecule has 0 unspecified atom stereocenters. The van der Waals surface area contributed by atoms with E-state index in [0.29, 0.717) is 18.8 Å². The average Bonchev–Trinajstić information content (AvgIpc) is 2.92. The van der Waals surface area contributed by atoms with Gasteiger partial charge >= 0.3 is 6.03 Å². The number of halogens is 1. The van der Waals surface area contributed by atoms with Crippen LogP contribution in [0.15, 0.2) is 24.3 Å². The molecule has 2 rings (SSSR count). The first-order valence-electron chi connectivity index (χ1n) is 6.85. The van der Waals surface area contributed by atoms with Gasteiger partial charge < -0.3 is 21.3 Å². The molecule has 1 aromatic rings. The third-order valence-electron chi connectivity index (χ3n) is 3.49. The number of nitrogens with one attached hydrogen (secondary N) is 2. The van der Waals surface area contributed by atoms with Crippen LogP contribution < -0.4 is 21.3 Å². The number of primary amides is 1. The Hall–Kier alpha value is -2.31. The largest absolute Gasteiger partial charge is 0.369 e. The van der Waals surface area contributed by atoms with E-state index in [2.05, 4.69) is 10.6 Å². The van der Waals surface area contributed by atoms with E-state index in [1.165, 1.54) is 6.07 Å². The lowest BCUT2D eigenvalue weighted by Gasteiger charge is -2.19. The highest BCUT2D eigenvalue weighted by Crippen LogP contribution is 2.25. The maximum absolute atomic E-state index is 13.7. The summed E-state index contributed by atoms with van der Waals surface area (Å²) in [5, 5.41) is 4.97. The van der Waals surface area contributed by atoms with Crippen molar-refractivity contribution < 1.29 is 14.0 Å². The summed E-state index contributed by atoms with van der Waals surface area (Å²) in [6.45, 7) is 1.84. The van der Waals surface area contributed by atoms with Crippen molar-refractivity contribution in [2.75, 3.05) is 31.1 Å². The Bertz CT molecular complexity index is 523. The SMILES string of the molecule is NC(=O)NCC(=O)NC[C@@H]1CCN(c2ccccc2F)C1. The maximum Gasteiger partial charge on any atom is 0.312 e. The van der Waals surface area contributed by atoms with E-state index >= 15 is 0 Å². The van der Waals surface area contributed by atoms with Gasteiger partial charge in [-0.3, -0.25) is 4.79 Å². The first kappa shape index (κ1) is 15.1. The molecular formula is C14H19FN4O2. The predicted octanol–water partition coefficient (Wildman–Crippen LogP) is 0.437. The Labute approximate surface area is 122 Å². The van der Waals surface area contributed by atoms with Crippen LogP contribution in [0.4, 0.5) is 14.9 Å². The second-order valence-electron chi connectivity index (χ2n) is 5.07. The number of hydrogen-bond acceptors (Lipinski definition) is 3. The van der Waals surface area contributed by atoms with Crippen molar-refractivity contribution >= 4 is 17.6 Å². The van der Waals surface area contributed by atoms with E-state index < -0.39 is 6.03 Å². The predicted molar refractivity (Wildman–Crippen MR) is 77.3 cm³/mol. The Morgan fingerprint density at radius 2 is 2.10 bits per heavy atom. The first-order chi connectivity index (χ1) is 10.1. The standard InChI is InChI=1S/C14H19FN4O2/c15-11-3-1-2-4-12(11)19-6-5-10(9-19)7-17-13(20)8-18-14(16)21/h1-4,10H,5-9H2,(H,17,20)(H3,16,18,21)/t10-/m0/s1. The molecule has 0 spiro atoms. The molecule has 1 saturated heterocycles. The van der Waals surface area contributed by atoms with Gasteiger partial charge in [-0.05, 0) is 24.5 Å². The van der Waals surface area contributed by atoms with E-state index in [4.69, 9.17) is 5.73 Å². The molecule has 3 amide bonds. The van der Waals surface area contributed by atoms with E-state index in [0.717, 1.165) is 13.0 Å². The van der Waals surface area contributed by atoms with Crippen molar-refractivity contribution in [3.8, 4) is 0 Å². The van der Waals surface area contributed by atoms with Gasteiger partial charge in [0.05, 0.1) is 12.2 Å². The summed E-state index contributed by atoms with van der Waals surface area (Å²) in [5.41, 5.74) is 5.48. The van der Waals surface area contributed by atoms with Crippen LogP contribution in [-0.2, 0) is 4.79 Å². The Kier molecular flexibility index (Phi) is 4.97. The molecule has 1 aromatic carbocycles. The van der Waals surface area contributed by atoms with Crippen LogP contribution in [0.1, 0.15) is 6.42 Å². The molecule has 1 fully saturated rings. The summed E-state index contributed by atoms with van der Waals surface area (Å²) in [6, 6.07) is 5.95. The van der Waals surface area contributed by atoms with Gasteiger partial charge in [-0.1, -0.05) is 12.1 Å². The molecule has 21 heavy (non-hydrogen) atoms. The van der Waals surface area contributed by atoms with Crippen molar-refractivity contribution in [2.45, 2.75) is 6.42 Å². The summed E-state index contributed by atoms with van der Waals surface area (Å²) in [4.78, 5) is 23.9. The summed E-state index contributed by atoms with van der Waals surface area (Å²) >= 11 is 0. The number of amides is 3. The van der Waals surface area contributed by atoms with Gasteiger partial charge in [0.25, 0.3) is 0 Å². The van der Waals surface area contributed by atoms with Gasteiger partial charge in [0.2, 0.25) is 5.91 Å². The molecular weight excluding hydrogens is 275 g/mol. The lowest BCUT2D eigenvalue weighted by atomic mass is 10.1. The molecule has 1 atom stereocenters. The topological polar surface area (TPSA) is 87.5 Å². The Morgan fingerprint density at radius 1 is 1.33 bits per heavy atom. The van der Waals surface area contributed by atoms with Gasteiger partial charge in [0, 0.05) is 19.6 Å². The smallest absolute Gasteiger partial charge is 0.312 e. The monoisotopic (exact) mass is 294 g/mol. The van der Waals surface area contributed by atoms with Gasteiger partial charge in [-0.15, -0.1) is 0 Å². The average molecular weight is 294 g/mol. The molecule has 7 heteroatoms. The maximum atomic E-state index is 13.7. The van der Waals surface area contributed by atoms with Crippen LogP contribution in [0.5, 0.6) is 0 Å². The van der Waals surface area contributed by atoms with Crippen molar-refractivity contribution in [3.63, 3.8) is 0 Å². The highest BCUT2D eigenvalue weighted by molar-refractivity contribution is 5.83. The minimum atomic E-state index is -0.725. The van der Waals surface area contributed by atoms with Gasteiger partial charge in [0.15, 0.2) is 0 Å². The molecule has 1 heterocycles. The number of nitrogens with two attached hydrogens (primary N) is 1. The van der Waals surface area contributed by atoms with E-state index in [1.807, 2.05) is 11.0 Å². The number of carbonyl (C=O) groups excluding carboxylic acids is 2. The summed E-state index contributed by atoms with van der Waals surface area (Å²) in [5.74, 6) is -0.242. The van der Waals surface area contributed by atoms with Crippen molar-refractivity contribution in [1.29, 1.82) is 0 Å². The van der Waals surface area contributed by atoms with Gasteiger partial charge in [-0.25, -0.2) is 9.18 Å². The zero-order valence-corrected chi connectivity index (χ0v) is 11.6. The number of urea groups is 1. The van der Waals surface area contributed by atoms with E-state index in [1.54, 1.807) is 12.1 Å². The number of carbonyl (C=O) groups is 2. The van der Waals surface area contributed by atoms with E-state index in [-0.39, 0.29) is 24.2 Å². The molecule has 0 aromatic heterocycles. The van der Waals surface area contributed by atoms with Crippen LogP contribution >= 0.6 is 0 Å². The molecule has 4 N–H and O–H groups in total. The van der Waals surface area contributed by atoms with Crippen molar-refractivity contribution in [1.82, 2.24) is 10.6 Å². The molecule has 0 aliphatic carbocycles. The first-order valence-corrected chi connectivity index (χ1v) is 6.85.